The summed E-state index contributed by atoms with van der Waals surface area (Å²) in [4.78, 5) is 0.0616. The molecular formula is C15H13ClFNO5S. The zero-order chi connectivity index (χ0) is 17.2. The number of hydrogen-bond acceptors (Lipinski definition) is 5. The van der Waals surface area contributed by atoms with Gasteiger partial charge in [-0.3, -0.25) is 0 Å². The van der Waals surface area contributed by atoms with Gasteiger partial charge < -0.3 is 14.2 Å². The van der Waals surface area contributed by atoms with E-state index in [0.717, 1.165) is 6.07 Å². The SMILES string of the molecule is O=S(=O)(NCCOc1ccc(F)cc1Cl)c1ccc2c(c1)OCO2. The number of ether oxygens (including phenoxy) is 3. The lowest BCUT2D eigenvalue weighted by Gasteiger charge is -2.10. The third-order valence-electron chi connectivity index (χ3n) is 3.20. The van der Waals surface area contributed by atoms with E-state index in [2.05, 4.69) is 4.72 Å². The first kappa shape index (κ1) is 16.8. The summed E-state index contributed by atoms with van der Waals surface area (Å²) < 4.78 is 55.4. The van der Waals surface area contributed by atoms with Crippen molar-refractivity contribution in [3.05, 3.63) is 47.2 Å². The van der Waals surface area contributed by atoms with Crippen LogP contribution in [0.25, 0.3) is 0 Å². The molecule has 0 aromatic heterocycles. The van der Waals surface area contributed by atoms with E-state index in [1.807, 2.05) is 0 Å². The van der Waals surface area contributed by atoms with Crippen molar-refractivity contribution in [3.63, 3.8) is 0 Å². The minimum Gasteiger partial charge on any atom is -0.491 e. The molecule has 0 saturated carbocycles. The Labute approximate surface area is 143 Å². The lowest BCUT2D eigenvalue weighted by Crippen LogP contribution is -2.28. The molecule has 2 aromatic carbocycles. The van der Waals surface area contributed by atoms with Gasteiger partial charge in [0.15, 0.2) is 11.5 Å². The molecule has 2 aromatic rings. The van der Waals surface area contributed by atoms with Crippen LogP contribution in [0, 0.1) is 5.82 Å². The van der Waals surface area contributed by atoms with Crippen LogP contribution >= 0.6 is 11.6 Å². The van der Waals surface area contributed by atoms with Crippen molar-refractivity contribution in [1.29, 1.82) is 0 Å². The molecule has 1 N–H and O–H groups in total. The van der Waals surface area contributed by atoms with E-state index < -0.39 is 15.8 Å². The first-order valence-electron chi connectivity index (χ1n) is 6.93. The Kier molecular flexibility index (Phi) is 4.79. The molecule has 9 heteroatoms. The van der Waals surface area contributed by atoms with Gasteiger partial charge in [-0.15, -0.1) is 0 Å². The average molecular weight is 374 g/mol. The second kappa shape index (κ2) is 6.84. The molecule has 0 bridgehead atoms. The van der Waals surface area contributed by atoms with Gasteiger partial charge in [0.05, 0.1) is 9.92 Å². The highest BCUT2D eigenvalue weighted by atomic mass is 35.5. The molecule has 3 rings (SSSR count). The summed E-state index contributed by atoms with van der Waals surface area (Å²) in [6, 6.07) is 8.05. The molecule has 0 amide bonds. The van der Waals surface area contributed by atoms with Crippen LogP contribution in [0.15, 0.2) is 41.3 Å². The normalized spacial score (nSPS) is 13.1. The lowest BCUT2D eigenvalue weighted by atomic mass is 10.3. The van der Waals surface area contributed by atoms with Gasteiger partial charge in [0.1, 0.15) is 18.2 Å². The van der Waals surface area contributed by atoms with E-state index in [9.17, 15) is 12.8 Å². The van der Waals surface area contributed by atoms with Crippen molar-refractivity contribution in [2.45, 2.75) is 4.90 Å². The summed E-state index contributed by atoms with van der Waals surface area (Å²) in [5.74, 6) is 0.687. The first-order valence-corrected chi connectivity index (χ1v) is 8.79. The Hall–Kier alpha value is -2.03. The monoisotopic (exact) mass is 373 g/mol. The second-order valence-corrected chi connectivity index (χ2v) is 7.01. The van der Waals surface area contributed by atoms with Crippen LogP contribution in [0.5, 0.6) is 17.2 Å². The van der Waals surface area contributed by atoms with Gasteiger partial charge in [-0.2, -0.15) is 0 Å². The Bertz CT molecular complexity index is 859. The number of nitrogens with one attached hydrogen (secondary N) is 1. The van der Waals surface area contributed by atoms with Crippen LogP contribution < -0.4 is 18.9 Å². The van der Waals surface area contributed by atoms with Gasteiger partial charge in [0.2, 0.25) is 16.8 Å². The molecule has 0 radical (unpaired) electrons. The van der Waals surface area contributed by atoms with Gasteiger partial charge in [-0.25, -0.2) is 17.5 Å². The Morgan fingerprint density at radius 3 is 2.75 bits per heavy atom. The molecule has 6 nitrogen and oxygen atoms in total. The highest BCUT2D eigenvalue weighted by Crippen LogP contribution is 2.33. The molecule has 1 aliphatic heterocycles. The molecule has 0 unspecified atom stereocenters. The van der Waals surface area contributed by atoms with E-state index >= 15 is 0 Å². The number of benzene rings is 2. The number of fused-ring (bicyclic) bond motifs is 1. The van der Waals surface area contributed by atoms with Crippen molar-refractivity contribution in [2.75, 3.05) is 19.9 Å². The van der Waals surface area contributed by atoms with Crippen LogP contribution in [0.1, 0.15) is 0 Å². The third-order valence-corrected chi connectivity index (χ3v) is 4.95. The van der Waals surface area contributed by atoms with E-state index in [0.29, 0.717) is 11.5 Å². The molecule has 24 heavy (non-hydrogen) atoms. The maximum absolute atomic E-state index is 12.9. The molecule has 128 valence electrons. The summed E-state index contributed by atoms with van der Waals surface area (Å²) in [6.45, 7) is 0.123. The topological polar surface area (TPSA) is 73.9 Å². The number of sulfonamides is 1. The molecule has 0 atom stereocenters. The summed E-state index contributed by atoms with van der Waals surface area (Å²) in [6.07, 6.45) is 0. The fourth-order valence-electron chi connectivity index (χ4n) is 2.06. The van der Waals surface area contributed by atoms with Crippen molar-refractivity contribution < 1.29 is 27.0 Å². The third kappa shape index (κ3) is 3.72. The fourth-order valence-corrected chi connectivity index (χ4v) is 3.31. The van der Waals surface area contributed by atoms with Crippen LogP contribution in [-0.4, -0.2) is 28.4 Å². The van der Waals surface area contributed by atoms with Crippen molar-refractivity contribution in [1.82, 2.24) is 4.72 Å². The molecular weight excluding hydrogens is 361 g/mol. The lowest BCUT2D eigenvalue weighted by molar-refractivity contribution is 0.174. The Morgan fingerprint density at radius 1 is 1.17 bits per heavy atom. The van der Waals surface area contributed by atoms with Gasteiger partial charge >= 0.3 is 0 Å². The van der Waals surface area contributed by atoms with E-state index in [4.69, 9.17) is 25.8 Å². The predicted octanol–water partition coefficient (Wildman–Crippen LogP) is 2.57. The van der Waals surface area contributed by atoms with Crippen LogP contribution in [-0.2, 0) is 10.0 Å². The van der Waals surface area contributed by atoms with Crippen LogP contribution in [0.3, 0.4) is 0 Å². The number of rotatable bonds is 6. The summed E-state index contributed by atoms with van der Waals surface area (Å²) >= 11 is 5.82. The largest absolute Gasteiger partial charge is 0.491 e. The second-order valence-electron chi connectivity index (χ2n) is 4.84. The van der Waals surface area contributed by atoms with Gasteiger partial charge in [0.25, 0.3) is 0 Å². The molecule has 0 aliphatic carbocycles. The zero-order valence-electron chi connectivity index (χ0n) is 12.3. The quantitative estimate of drug-likeness (QED) is 0.788. The first-order chi connectivity index (χ1) is 11.5. The maximum atomic E-state index is 12.9. The smallest absolute Gasteiger partial charge is 0.240 e. The molecule has 1 aliphatic rings. The maximum Gasteiger partial charge on any atom is 0.240 e. The highest BCUT2D eigenvalue weighted by molar-refractivity contribution is 7.89. The van der Waals surface area contributed by atoms with Gasteiger partial charge in [-0.05, 0) is 30.3 Å². The molecule has 0 saturated heterocycles. The Morgan fingerprint density at radius 2 is 1.96 bits per heavy atom. The van der Waals surface area contributed by atoms with Crippen LogP contribution in [0.2, 0.25) is 5.02 Å². The van der Waals surface area contributed by atoms with Gasteiger partial charge in [0, 0.05) is 12.6 Å². The minimum absolute atomic E-state index is 0.0183. The molecule has 1 heterocycles. The predicted molar refractivity (Wildman–Crippen MR) is 84.7 cm³/mol. The van der Waals surface area contributed by atoms with Gasteiger partial charge in [-0.1, -0.05) is 11.6 Å². The minimum atomic E-state index is -3.71. The summed E-state index contributed by atoms with van der Waals surface area (Å²) in [5.41, 5.74) is 0. The zero-order valence-corrected chi connectivity index (χ0v) is 13.9. The molecule has 0 fully saturated rings. The highest BCUT2D eigenvalue weighted by Gasteiger charge is 2.20. The fraction of sp³-hybridized carbons (Fsp3) is 0.200. The van der Waals surface area contributed by atoms with E-state index in [1.54, 1.807) is 0 Å². The number of halogens is 2. The molecule has 0 spiro atoms. The van der Waals surface area contributed by atoms with Crippen molar-refractivity contribution in [2.24, 2.45) is 0 Å². The standard InChI is InChI=1S/C15H13ClFNO5S/c16-12-7-10(17)1-3-13(12)21-6-5-18-24(19,20)11-2-4-14-15(8-11)23-9-22-14/h1-4,7-8,18H,5-6,9H2. The van der Waals surface area contributed by atoms with E-state index in [-0.39, 0.29) is 35.6 Å². The van der Waals surface area contributed by atoms with Crippen LogP contribution in [0.4, 0.5) is 4.39 Å². The van der Waals surface area contributed by atoms with Crippen molar-refractivity contribution in [3.8, 4) is 17.2 Å². The summed E-state index contributed by atoms with van der Waals surface area (Å²) in [5, 5.41) is 0.119. The van der Waals surface area contributed by atoms with E-state index in [1.165, 1.54) is 30.3 Å². The Balaban J connectivity index is 1.57. The number of hydrogen-bond donors (Lipinski definition) is 1. The average Bonchev–Trinajstić information content (AvgIpc) is 3.00. The van der Waals surface area contributed by atoms with Crippen molar-refractivity contribution >= 4 is 21.6 Å². The summed E-state index contributed by atoms with van der Waals surface area (Å²) in [7, 11) is -3.71.